The highest BCUT2D eigenvalue weighted by Gasteiger charge is 2.05. The van der Waals surface area contributed by atoms with Crippen molar-refractivity contribution < 1.29 is 0 Å². The molecule has 0 radical (unpaired) electrons. The van der Waals surface area contributed by atoms with Crippen LogP contribution in [0, 0.1) is 0 Å². The number of halogens is 1. The molecule has 100 valence electrons. The quantitative estimate of drug-likeness (QED) is 0.676. The van der Waals surface area contributed by atoms with Gasteiger partial charge in [0.25, 0.3) is 0 Å². The van der Waals surface area contributed by atoms with Crippen molar-refractivity contribution in [3.8, 4) is 5.69 Å². The summed E-state index contributed by atoms with van der Waals surface area (Å²) < 4.78 is 1.87. The molecule has 0 saturated carbocycles. The van der Waals surface area contributed by atoms with Crippen molar-refractivity contribution in [3.63, 3.8) is 0 Å². The minimum absolute atomic E-state index is 0.688. The molecule has 0 bridgehead atoms. The maximum atomic E-state index is 6.09. The summed E-state index contributed by atoms with van der Waals surface area (Å²) in [6, 6.07) is 13.7. The Labute approximate surface area is 126 Å². The van der Waals surface area contributed by atoms with Crippen LogP contribution in [0.3, 0.4) is 0 Å². The van der Waals surface area contributed by atoms with E-state index in [0.717, 1.165) is 22.0 Å². The molecule has 0 atom stereocenters. The van der Waals surface area contributed by atoms with Gasteiger partial charge in [0, 0.05) is 23.7 Å². The van der Waals surface area contributed by atoms with Crippen molar-refractivity contribution in [3.05, 3.63) is 71.6 Å². The van der Waals surface area contributed by atoms with Gasteiger partial charge in [-0.1, -0.05) is 29.8 Å². The highest BCUT2D eigenvalue weighted by molar-refractivity contribution is 7.98. The van der Waals surface area contributed by atoms with Crippen LogP contribution in [0.15, 0.2) is 66.1 Å². The topological polar surface area (TPSA) is 30.7 Å². The van der Waals surface area contributed by atoms with Crippen LogP contribution in [0.4, 0.5) is 0 Å². The van der Waals surface area contributed by atoms with Crippen molar-refractivity contribution in [1.29, 1.82) is 0 Å². The van der Waals surface area contributed by atoms with E-state index in [4.69, 9.17) is 11.6 Å². The number of benzene rings is 1. The largest absolute Gasteiger partial charge is 0.248 e. The van der Waals surface area contributed by atoms with Gasteiger partial charge in [-0.25, -0.2) is 9.67 Å². The molecule has 0 fully saturated rings. The number of nitrogens with zero attached hydrogens (tertiary/aromatic N) is 3. The van der Waals surface area contributed by atoms with E-state index >= 15 is 0 Å². The molecule has 0 spiro atoms. The molecular formula is C15H12ClN3S. The van der Waals surface area contributed by atoms with Crippen LogP contribution in [-0.4, -0.2) is 14.8 Å². The van der Waals surface area contributed by atoms with Gasteiger partial charge in [-0.05, 0) is 24.3 Å². The fourth-order valence-corrected chi connectivity index (χ4v) is 2.86. The predicted octanol–water partition coefficient (Wildman–Crippen LogP) is 4.21. The number of aromatic nitrogens is 3. The molecule has 3 rings (SSSR count). The molecule has 0 saturated heterocycles. The highest BCUT2D eigenvalue weighted by Crippen LogP contribution is 2.27. The summed E-state index contributed by atoms with van der Waals surface area (Å²) in [7, 11) is 0. The van der Waals surface area contributed by atoms with Gasteiger partial charge >= 0.3 is 0 Å². The molecule has 5 heteroatoms. The number of para-hydroxylation sites is 1. The number of thioether (sulfide) groups is 1. The molecule has 20 heavy (non-hydrogen) atoms. The average molecular weight is 302 g/mol. The van der Waals surface area contributed by atoms with Crippen LogP contribution < -0.4 is 0 Å². The van der Waals surface area contributed by atoms with Crippen LogP contribution in [0.25, 0.3) is 5.69 Å². The Bertz CT molecular complexity index is 697. The summed E-state index contributed by atoms with van der Waals surface area (Å²) in [4.78, 5) is 4.26. The standard InChI is InChI=1S/C15H12ClN3S/c16-14-7-4-8-17-15(14)20-11-12-9-18-19(10-12)13-5-2-1-3-6-13/h1-10H,11H2. The molecule has 2 aromatic heterocycles. The van der Waals surface area contributed by atoms with Crippen molar-refractivity contribution in [2.75, 3.05) is 0 Å². The second kappa shape index (κ2) is 6.11. The van der Waals surface area contributed by atoms with Gasteiger partial charge in [0.15, 0.2) is 0 Å². The van der Waals surface area contributed by atoms with Gasteiger partial charge in [0.05, 0.1) is 16.9 Å². The third kappa shape index (κ3) is 3.03. The molecule has 0 amide bonds. The van der Waals surface area contributed by atoms with Gasteiger partial charge in [0.2, 0.25) is 0 Å². The van der Waals surface area contributed by atoms with Gasteiger partial charge < -0.3 is 0 Å². The van der Waals surface area contributed by atoms with Crippen molar-refractivity contribution >= 4 is 23.4 Å². The summed E-state index contributed by atoms with van der Waals surface area (Å²) in [6.07, 6.45) is 5.65. The molecule has 3 aromatic rings. The number of pyridine rings is 1. The minimum Gasteiger partial charge on any atom is -0.248 e. The van der Waals surface area contributed by atoms with E-state index in [2.05, 4.69) is 10.1 Å². The Morgan fingerprint density at radius 2 is 1.95 bits per heavy atom. The molecule has 0 aliphatic carbocycles. The maximum absolute atomic E-state index is 6.09. The summed E-state index contributed by atoms with van der Waals surface area (Å²) in [6.45, 7) is 0. The molecule has 0 aliphatic rings. The predicted molar refractivity (Wildman–Crippen MR) is 82.4 cm³/mol. The van der Waals surface area contributed by atoms with Gasteiger partial charge in [-0.3, -0.25) is 0 Å². The zero-order valence-electron chi connectivity index (χ0n) is 10.6. The molecule has 0 aliphatic heterocycles. The zero-order valence-corrected chi connectivity index (χ0v) is 12.2. The van der Waals surface area contributed by atoms with Crippen LogP contribution in [0.2, 0.25) is 5.02 Å². The first-order valence-corrected chi connectivity index (χ1v) is 7.51. The first-order chi connectivity index (χ1) is 9.83. The summed E-state index contributed by atoms with van der Waals surface area (Å²) in [5, 5.41) is 5.91. The number of hydrogen-bond acceptors (Lipinski definition) is 3. The monoisotopic (exact) mass is 301 g/mol. The molecule has 0 N–H and O–H groups in total. The van der Waals surface area contributed by atoms with Gasteiger partial charge in [-0.15, -0.1) is 11.8 Å². The molecule has 3 nitrogen and oxygen atoms in total. The summed E-state index contributed by atoms with van der Waals surface area (Å²) in [5.74, 6) is 0.795. The lowest BCUT2D eigenvalue weighted by atomic mass is 10.3. The fraction of sp³-hybridized carbons (Fsp3) is 0.0667. The van der Waals surface area contributed by atoms with Crippen LogP contribution in [-0.2, 0) is 5.75 Å². The smallest absolute Gasteiger partial charge is 0.115 e. The molecular weight excluding hydrogens is 290 g/mol. The van der Waals surface area contributed by atoms with Crippen molar-refractivity contribution in [1.82, 2.24) is 14.8 Å². The van der Waals surface area contributed by atoms with E-state index < -0.39 is 0 Å². The maximum Gasteiger partial charge on any atom is 0.115 e. The third-order valence-electron chi connectivity index (χ3n) is 2.76. The van der Waals surface area contributed by atoms with Crippen LogP contribution in [0.5, 0.6) is 0 Å². The van der Waals surface area contributed by atoms with E-state index in [1.807, 2.05) is 59.5 Å². The Kier molecular flexibility index (Phi) is 4.04. The third-order valence-corrected chi connectivity index (χ3v) is 4.25. The normalized spacial score (nSPS) is 10.7. The molecule has 0 unspecified atom stereocenters. The SMILES string of the molecule is Clc1cccnc1SCc1cnn(-c2ccccc2)c1. The van der Waals surface area contributed by atoms with E-state index in [9.17, 15) is 0 Å². The van der Waals surface area contributed by atoms with E-state index in [1.54, 1.807) is 18.0 Å². The number of hydrogen-bond donors (Lipinski definition) is 0. The second-order valence-electron chi connectivity index (χ2n) is 4.21. The molecule has 2 heterocycles. The lowest BCUT2D eigenvalue weighted by Gasteiger charge is -2.01. The Hall–Kier alpha value is -1.78. The van der Waals surface area contributed by atoms with Crippen LogP contribution in [0.1, 0.15) is 5.56 Å². The fourth-order valence-electron chi connectivity index (χ4n) is 1.79. The Balaban J connectivity index is 1.71. The lowest BCUT2D eigenvalue weighted by Crippen LogP contribution is -1.92. The first-order valence-electron chi connectivity index (χ1n) is 6.15. The van der Waals surface area contributed by atoms with Crippen molar-refractivity contribution in [2.45, 2.75) is 10.8 Å². The van der Waals surface area contributed by atoms with Crippen molar-refractivity contribution in [2.24, 2.45) is 0 Å². The summed E-state index contributed by atoms with van der Waals surface area (Å²) >= 11 is 7.70. The van der Waals surface area contributed by atoms with Crippen LogP contribution >= 0.6 is 23.4 Å². The second-order valence-corrected chi connectivity index (χ2v) is 5.58. The molecule has 1 aromatic carbocycles. The Morgan fingerprint density at radius 1 is 1.10 bits per heavy atom. The van der Waals surface area contributed by atoms with E-state index in [-0.39, 0.29) is 0 Å². The summed E-state index contributed by atoms with van der Waals surface area (Å²) in [5.41, 5.74) is 2.19. The lowest BCUT2D eigenvalue weighted by molar-refractivity contribution is 0.880. The number of rotatable bonds is 4. The Morgan fingerprint density at radius 3 is 2.75 bits per heavy atom. The minimum atomic E-state index is 0.688. The van der Waals surface area contributed by atoms with E-state index in [0.29, 0.717) is 5.02 Å². The average Bonchev–Trinajstić information content (AvgIpc) is 2.96. The van der Waals surface area contributed by atoms with Gasteiger partial charge in [-0.2, -0.15) is 5.10 Å². The van der Waals surface area contributed by atoms with E-state index in [1.165, 1.54) is 0 Å². The zero-order chi connectivity index (χ0) is 13.8. The first kappa shape index (κ1) is 13.2. The highest BCUT2D eigenvalue weighted by atomic mass is 35.5. The van der Waals surface area contributed by atoms with Gasteiger partial charge in [0.1, 0.15) is 5.03 Å².